The van der Waals surface area contributed by atoms with Gasteiger partial charge < -0.3 is 4.74 Å². The van der Waals surface area contributed by atoms with E-state index in [0.717, 1.165) is 44.9 Å². The lowest BCUT2D eigenvalue weighted by atomic mass is 10.1. The van der Waals surface area contributed by atoms with Gasteiger partial charge in [0.25, 0.3) is 0 Å². The minimum atomic E-state index is -0.0943. The molecular weight excluding hydrogens is 284 g/mol. The summed E-state index contributed by atoms with van der Waals surface area (Å²) in [5.41, 5.74) is 0. The van der Waals surface area contributed by atoms with Crippen LogP contribution in [0.25, 0.3) is 0 Å². The van der Waals surface area contributed by atoms with Gasteiger partial charge in [0.05, 0.1) is 7.11 Å². The van der Waals surface area contributed by atoms with E-state index < -0.39 is 0 Å². The zero-order valence-electron chi connectivity index (χ0n) is 15.3. The minimum Gasteiger partial charge on any atom is -0.469 e. The Bertz CT molecular complexity index is 340. The van der Waals surface area contributed by atoms with Gasteiger partial charge in [0.1, 0.15) is 0 Å². The van der Waals surface area contributed by atoms with Crippen LogP contribution in [0.5, 0.6) is 0 Å². The number of allylic oxidation sites excluding steroid dienone is 6. The molecule has 2 nitrogen and oxygen atoms in total. The first-order valence-corrected chi connectivity index (χ1v) is 9.33. The minimum absolute atomic E-state index is 0.0943. The number of methoxy groups -OCH3 is 1. The maximum Gasteiger partial charge on any atom is 0.305 e. The summed E-state index contributed by atoms with van der Waals surface area (Å²) in [6, 6.07) is 0. The van der Waals surface area contributed by atoms with Crippen molar-refractivity contribution in [2.24, 2.45) is 0 Å². The fraction of sp³-hybridized carbons (Fsp3) is 0.667. The van der Waals surface area contributed by atoms with Gasteiger partial charge in [-0.05, 0) is 51.4 Å². The first-order valence-electron chi connectivity index (χ1n) is 9.33. The monoisotopic (exact) mass is 320 g/mol. The number of carbonyl (C=O) groups excluding carboxylic acids is 1. The second-order valence-electron chi connectivity index (χ2n) is 5.90. The van der Waals surface area contributed by atoms with Crippen molar-refractivity contribution < 1.29 is 9.53 Å². The van der Waals surface area contributed by atoms with E-state index in [2.05, 4.69) is 48.1 Å². The van der Waals surface area contributed by atoms with Gasteiger partial charge in [0, 0.05) is 6.42 Å². The Labute approximate surface area is 143 Å². The molecule has 0 amide bonds. The third-order valence-electron chi connectivity index (χ3n) is 3.73. The quantitative estimate of drug-likeness (QED) is 0.195. The Morgan fingerprint density at radius 1 is 0.739 bits per heavy atom. The number of hydrogen-bond donors (Lipinski definition) is 0. The molecule has 0 aliphatic rings. The van der Waals surface area contributed by atoms with Gasteiger partial charge >= 0.3 is 5.97 Å². The molecular formula is C21H36O2. The molecule has 0 aromatic rings. The van der Waals surface area contributed by atoms with Crippen molar-refractivity contribution in [1.29, 1.82) is 0 Å². The summed E-state index contributed by atoms with van der Waals surface area (Å²) in [5, 5.41) is 0. The summed E-state index contributed by atoms with van der Waals surface area (Å²) < 4.78 is 4.62. The Morgan fingerprint density at radius 2 is 1.30 bits per heavy atom. The number of rotatable bonds is 15. The molecule has 0 N–H and O–H groups in total. The third kappa shape index (κ3) is 18.6. The second kappa shape index (κ2) is 18.7. The Kier molecular flexibility index (Phi) is 17.7. The molecule has 0 rings (SSSR count). The van der Waals surface area contributed by atoms with E-state index >= 15 is 0 Å². The van der Waals surface area contributed by atoms with Crippen molar-refractivity contribution >= 4 is 5.97 Å². The molecule has 0 aliphatic carbocycles. The Balaban J connectivity index is 3.30. The van der Waals surface area contributed by atoms with Crippen molar-refractivity contribution in [3.63, 3.8) is 0 Å². The zero-order chi connectivity index (χ0) is 17.0. The highest BCUT2D eigenvalue weighted by atomic mass is 16.5. The summed E-state index contributed by atoms with van der Waals surface area (Å²) >= 11 is 0. The summed E-state index contributed by atoms with van der Waals surface area (Å²) in [7, 11) is 1.45. The molecule has 132 valence electrons. The van der Waals surface area contributed by atoms with E-state index in [1.165, 1.54) is 32.8 Å². The van der Waals surface area contributed by atoms with E-state index in [1.54, 1.807) is 0 Å². The number of carbonyl (C=O) groups is 1. The van der Waals surface area contributed by atoms with Crippen LogP contribution < -0.4 is 0 Å². The second-order valence-corrected chi connectivity index (χ2v) is 5.90. The SMILES string of the molecule is CCCCCC=CCC=CCC/C=C\CCCCCC(=O)OC. The van der Waals surface area contributed by atoms with Crippen LogP contribution >= 0.6 is 0 Å². The zero-order valence-corrected chi connectivity index (χ0v) is 15.3. The molecule has 0 saturated carbocycles. The average Bonchev–Trinajstić information content (AvgIpc) is 2.57. The molecule has 0 saturated heterocycles. The van der Waals surface area contributed by atoms with Crippen molar-refractivity contribution in [3.8, 4) is 0 Å². The lowest BCUT2D eigenvalue weighted by Gasteiger charge is -1.98. The third-order valence-corrected chi connectivity index (χ3v) is 3.73. The van der Waals surface area contributed by atoms with Gasteiger partial charge in [-0.2, -0.15) is 0 Å². The van der Waals surface area contributed by atoms with Gasteiger partial charge in [-0.25, -0.2) is 0 Å². The van der Waals surface area contributed by atoms with Gasteiger partial charge in [-0.3, -0.25) is 4.79 Å². The molecule has 0 fully saturated rings. The van der Waals surface area contributed by atoms with Crippen LogP contribution in [0.3, 0.4) is 0 Å². The van der Waals surface area contributed by atoms with Crippen molar-refractivity contribution in [1.82, 2.24) is 0 Å². The number of ether oxygens (including phenoxy) is 1. The van der Waals surface area contributed by atoms with Crippen LogP contribution in [0, 0.1) is 0 Å². The lowest BCUT2D eigenvalue weighted by molar-refractivity contribution is -0.140. The van der Waals surface area contributed by atoms with Gasteiger partial charge in [0.2, 0.25) is 0 Å². The highest BCUT2D eigenvalue weighted by Gasteiger charge is 1.97. The van der Waals surface area contributed by atoms with Crippen LogP contribution in [-0.2, 0) is 9.53 Å². The molecule has 0 spiro atoms. The van der Waals surface area contributed by atoms with Crippen LogP contribution in [-0.4, -0.2) is 13.1 Å². The first kappa shape index (κ1) is 21.7. The predicted molar refractivity (Wildman–Crippen MR) is 101 cm³/mol. The fourth-order valence-corrected chi connectivity index (χ4v) is 2.26. The summed E-state index contributed by atoms with van der Waals surface area (Å²) in [6.45, 7) is 2.24. The lowest BCUT2D eigenvalue weighted by Crippen LogP contribution is -1.98. The summed E-state index contributed by atoms with van der Waals surface area (Å²) in [4.78, 5) is 10.9. The first-order chi connectivity index (χ1) is 11.3. The molecule has 23 heavy (non-hydrogen) atoms. The van der Waals surface area contributed by atoms with E-state index in [4.69, 9.17) is 0 Å². The van der Waals surface area contributed by atoms with Gasteiger partial charge in [-0.1, -0.05) is 62.6 Å². The van der Waals surface area contributed by atoms with Crippen LogP contribution in [0.2, 0.25) is 0 Å². The molecule has 0 bridgehead atoms. The van der Waals surface area contributed by atoms with Crippen molar-refractivity contribution in [3.05, 3.63) is 36.5 Å². The number of esters is 1. The Morgan fingerprint density at radius 3 is 1.96 bits per heavy atom. The number of unbranched alkanes of at least 4 members (excludes halogenated alkanes) is 7. The maximum absolute atomic E-state index is 10.9. The highest BCUT2D eigenvalue weighted by Crippen LogP contribution is 2.05. The maximum atomic E-state index is 10.9. The molecule has 2 heteroatoms. The smallest absolute Gasteiger partial charge is 0.305 e. The Hall–Kier alpha value is -1.31. The van der Waals surface area contributed by atoms with Gasteiger partial charge in [0.15, 0.2) is 0 Å². The molecule has 0 radical (unpaired) electrons. The summed E-state index contributed by atoms with van der Waals surface area (Å²) in [6.07, 6.45) is 27.0. The van der Waals surface area contributed by atoms with E-state index in [0.29, 0.717) is 6.42 Å². The average molecular weight is 321 g/mol. The fourth-order valence-electron chi connectivity index (χ4n) is 2.26. The summed E-state index contributed by atoms with van der Waals surface area (Å²) in [5.74, 6) is -0.0943. The van der Waals surface area contributed by atoms with E-state index in [9.17, 15) is 4.79 Å². The van der Waals surface area contributed by atoms with Crippen molar-refractivity contribution in [2.75, 3.05) is 7.11 Å². The standard InChI is InChI=1S/C21H36O2/c1-3-4-5-6-7-8-9-10-11-12-13-14-15-16-17-18-19-20-21(22)23-2/h7-8,10-11,14-15H,3-6,9,12-13,16-20H2,1-2H3/b8-7?,11-10?,15-14-. The molecule has 0 atom stereocenters. The highest BCUT2D eigenvalue weighted by molar-refractivity contribution is 5.68. The van der Waals surface area contributed by atoms with E-state index in [-0.39, 0.29) is 5.97 Å². The molecule has 0 aromatic carbocycles. The predicted octanol–water partition coefficient (Wildman–Crippen LogP) is 6.53. The van der Waals surface area contributed by atoms with Crippen LogP contribution in [0.15, 0.2) is 36.5 Å². The normalized spacial score (nSPS) is 11.9. The van der Waals surface area contributed by atoms with Crippen molar-refractivity contribution in [2.45, 2.75) is 84.0 Å². The molecule has 0 heterocycles. The number of hydrogen-bond acceptors (Lipinski definition) is 2. The molecule has 0 aromatic heterocycles. The molecule has 0 aliphatic heterocycles. The van der Waals surface area contributed by atoms with E-state index in [1.807, 2.05) is 0 Å². The largest absolute Gasteiger partial charge is 0.469 e. The molecule has 0 unspecified atom stereocenters. The topological polar surface area (TPSA) is 26.3 Å². The van der Waals surface area contributed by atoms with Gasteiger partial charge in [-0.15, -0.1) is 0 Å². The van der Waals surface area contributed by atoms with Crippen LogP contribution in [0.4, 0.5) is 0 Å². The van der Waals surface area contributed by atoms with Crippen LogP contribution in [0.1, 0.15) is 84.0 Å².